The Morgan fingerprint density at radius 1 is 0.360 bits per heavy atom. The molecule has 152 valence electrons. The first-order valence-corrected chi connectivity index (χ1v) is 18.8. The Balaban J connectivity index is 6.79. The van der Waals surface area contributed by atoms with Crippen LogP contribution >= 0.6 is 271 Å². The molecule has 0 aromatic heterocycles. The Morgan fingerprint density at radius 3 is 0.840 bits per heavy atom. The summed E-state index contributed by atoms with van der Waals surface area (Å²) < 4.78 is -6.19. The van der Waals surface area contributed by atoms with Gasteiger partial charge in [0.1, 0.15) is 17.3 Å². The fraction of sp³-hybridized carbons (Fsp3) is 1.00. The molecule has 0 aromatic carbocycles. The van der Waals surface area contributed by atoms with E-state index in [2.05, 4.69) is 271 Å². The molecule has 0 spiro atoms. The molecule has 0 aliphatic carbocycles. The van der Waals surface area contributed by atoms with Gasteiger partial charge in [0.15, 0.2) is 4.29 Å². The van der Waals surface area contributed by atoms with Crippen LogP contribution < -0.4 is 0 Å². The normalized spacial score (nSPS) is 18.5. The number of hydrogen-bond donors (Lipinski definition) is 0. The van der Waals surface area contributed by atoms with Crippen LogP contribution in [0, 0.1) is 0 Å². The van der Waals surface area contributed by atoms with E-state index in [0.717, 1.165) is 0 Å². The third-order valence-electron chi connectivity index (χ3n) is 2.72. The molecule has 0 radical (unpaired) electrons. The SMILES string of the molecule is BrC(Br)C(Br)(C(Br)(Br)C(Br)(Br)Br)C(Br)(Br)C(Br)(Br)C(Br)(Br)C(Br)(Br)Br. The number of halogens is 17. The van der Waals surface area contributed by atoms with Gasteiger partial charge in [-0.05, 0) is 0 Å². The molecular formula is C8HBr17. The number of rotatable bonds is 5. The first-order valence-electron chi connectivity index (χ1n) is 5.06. The van der Waals surface area contributed by atoms with Crippen LogP contribution in [0.25, 0.3) is 0 Å². The molecule has 25 heavy (non-hydrogen) atoms. The third-order valence-corrected chi connectivity index (χ3v) is 32.9. The van der Waals surface area contributed by atoms with Gasteiger partial charge < -0.3 is 0 Å². The van der Waals surface area contributed by atoms with E-state index in [4.69, 9.17) is 0 Å². The minimum atomic E-state index is -0.932. The topological polar surface area (TPSA) is 0 Å². The second kappa shape index (κ2) is 11.0. The van der Waals surface area contributed by atoms with E-state index in [9.17, 15) is 0 Å². The summed E-state index contributed by atoms with van der Waals surface area (Å²) >= 11 is 63.0. The van der Waals surface area contributed by atoms with Crippen LogP contribution in [0.1, 0.15) is 0 Å². The van der Waals surface area contributed by atoms with Crippen LogP contribution in [0.3, 0.4) is 0 Å². The zero-order valence-corrected chi connectivity index (χ0v) is 37.5. The van der Waals surface area contributed by atoms with Crippen molar-refractivity contribution in [3.05, 3.63) is 0 Å². The van der Waals surface area contributed by atoms with Gasteiger partial charge in [-0.15, -0.1) is 0 Å². The molecular weight excluding hydrogens is 1450 g/mol. The fourth-order valence-electron chi connectivity index (χ4n) is 1.28. The first kappa shape index (κ1) is 33.2. The molecule has 0 aliphatic rings. The van der Waals surface area contributed by atoms with E-state index in [1.54, 1.807) is 0 Å². The van der Waals surface area contributed by atoms with Crippen LogP contribution in [0.4, 0.5) is 0 Å². The Bertz CT molecular complexity index is 480. The van der Waals surface area contributed by atoms with Crippen molar-refractivity contribution in [2.75, 3.05) is 0 Å². The molecule has 0 nitrogen and oxygen atoms in total. The summed E-state index contributed by atoms with van der Waals surface area (Å²) in [5.41, 5.74) is 0. The van der Waals surface area contributed by atoms with Crippen molar-refractivity contribution in [2.24, 2.45) is 0 Å². The Kier molecular flexibility index (Phi) is 14.7. The van der Waals surface area contributed by atoms with Crippen molar-refractivity contribution in [2.45, 2.75) is 25.3 Å². The molecule has 0 fully saturated rings. The van der Waals surface area contributed by atoms with Crippen molar-refractivity contribution in [3.8, 4) is 0 Å². The Hall–Kier alpha value is 8.16. The maximum Gasteiger partial charge on any atom is 0.162 e. The highest BCUT2D eigenvalue weighted by atomic mass is 80.0. The van der Waals surface area contributed by atoms with Crippen LogP contribution in [-0.4, -0.2) is 25.3 Å². The lowest BCUT2D eigenvalue weighted by Crippen LogP contribution is -2.70. The Morgan fingerprint density at radius 2 is 0.640 bits per heavy atom. The smallest absolute Gasteiger partial charge is 0.0780 e. The predicted octanol–water partition coefficient (Wildman–Crippen LogP) is 12.9. The van der Waals surface area contributed by atoms with Gasteiger partial charge in [0.05, 0.1) is 3.74 Å². The zero-order chi connectivity index (χ0) is 21.1. The minimum Gasteiger partial charge on any atom is -0.0780 e. The van der Waals surface area contributed by atoms with E-state index >= 15 is 0 Å². The lowest BCUT2D eigenvalue weighted by atomic mass is 10.00. The molecule has 0 aliphatic heterocycles. The lowest BCUT2D eigenvalue weighted by Gasteiger charge is -2.58. The van der Waals surface area contributed by atoms with Crippen LogP contribution in [-0.2, 0) is 0 Å². The van der Waals surface area contributed by atoms with Crippen molar-refractivity contribution in [1.82, 2.24) is 0 Å². The van der Waals surface area contributed by atoms with Gasteiger partial charge in [-0.2, -0.15) is 0 Å². The summed E-state index contributed by atoms with van der Waals surface area (Å²) in [6.45, 7) is 0. The average molecular weight is 1460 g/mol. The Labute approximate surface area is 289 Å². The van der Waals surface area contributed by atoms with E-state index in [-0.39, 0.29) is 3.74 Å². The summed E-state index contributed by atoms with van der Waals surface area (Å²) in [5.74, 6) is 0. The summed E-state index contributed by atoms with van der Waals surface area (Å²) in [5, 5.41) is 0. The molecule has 0 N–H and O–H groups in total. The molecule has 1 unspecified atom stereocenters. The number of alkyl halides is 17. The van der Waals surface area contributed by atoms with Crippen molar-refractivity contribution in [1.29, 1.82) is 0 Å². The lowest BCUT2D eigenvalue weighted by molar-refractivity contribution is 0.535. The number of hydrogen-bond acceptors (Lipinski definition) is 0. The van der Waals surface area contributed by atoms with Crippen molar-refractivity contribution >= 4 is 271 Å². The first-order chi connectivity index (χ1) is 10.4. The van der Waals surface area contributed by atoms with Crippen molar-refractivity contribution < 1.29 is 0 Å². The highest BCUT2D eigenvalue weighted by Crippen LogP contribution is 2.77. The maximum atomic E-state index is 3.90. The molecule has 0 bridgehead atoms. The van der Waals surface area contributed by atoms with E-state index in [1.807, 2.05) is 0 Å². The molecule has 0 saturated carbocycles. The van der Waals surface area contributed by atoms with Crippen LogP contribution in [0.5, 0.6) is 0 Å². The molecule has 0 rings (SSSR count). The van der Waals surface area contributed by atoms with Gasteiger partial charge >= 0.3 is 0 Å². The fourth-order valence-corrected chi connectivity index (χ4v) is 17.1. The molecule has 0 saturated heterocycles. The second-order valence-electron chi connectivity index (χ2n) is 4.31. The quantitative estimate of drug-likeness (QED) is 0.241. The van der Waals surface area contributed by atoms with Gasteiger partial charge in [-0.25, -0.2) is 0 Å². The van der Waals surface area contributed by atoms with Gasteiger partial charge in [0.25, 0.3) is 0 Å². The molecule has 0 heterocycles. The van der Waals surface area contributed by atoms with Gasteiger partial charge in [-0.1, -0.05) is 271 Å². The minimum absolute atomic E-state index is 0.280. The van der Waals surface area contributed by atoms with Crippen LogP contribution in [0.2, 0.25) is 0 Å². The summed E-state index contributed by atoms with van der Waals surface area (Å²) in [6, 6.07) is 0. The van der Waals surface area contributed by atoms with Gasteiger partial charge in [0, 0.05) is 0 Å². The monoisotopic (exact) mass is 1440 g/mol. The zero-order valence-electron chi connectivity index (χ0n) is 10.5. The standard InChI is InChI=1S/C8HBr17/c9-1(10)2(11,4(14,15)7(20,21)22)3(12,13)5(16,17)6(18,19)8(23,24)25/h1H. The summed E-state index contributed by atoms with van der Waals surface area (Å²) in [6.07, 6.45) is 0. The average Bonchev–Trinajstić information content (AvgIpc) is 2.33. The van der Waals surface area contributed by atoms with Gasteiger partial charge in [0.2, 0.25) is 0 Å². The summed E-state index contributed by atoms with van der Waals surface area (Å²) in [4.78, 5) is 0. The van der Waals surface area contributed by atoms with E-state index in [0.29, 0.717) is 0 Å². The van der Waals surface area contributed by atoms with E-state index < -0.39 is 21.5 Å². The summed E-state index contributed by atoms with van der Waals surface area (Å²) in [7, 11) is 0. The third kappa shape index (κ3) is 6.30. The van der Waals surface area contributed by atoms with Crippen molar-refractivity contribution in [3.63, 3.8) is 0 Å². The second-order valence-corrected chi connectivity index (χ2v) is 35.9. The van der Waals surface area contributed by atoms with Gasteiger partial charge in [-0.3, -0.25) is 0 Å². The highest BCUT2D eigenvalue weighted by molar-refractivity contribution is 9.42. The molecule has 17 heteroatoms. The molecule has 0 aromatic rings. The highest BCUT2D eigenvalue weighted by Gasteiger charge is 2.77. The molecule has 0 amide bonds. The van der Waals surface area contributed by atoms with Crippen LogP contribution in [0.15, 0.2) is 0 Å². The van der Waals surface area contributed by atoms with E-state index in [1.165, 1.54) is 0 Å². The molecule has 1 atom stereocenters. The largest absolute Gasteiger partial charge is 0.162 e. The predicted molar refractivity (Wildman–Crippen MR) is 175 cm³/mol. The maximum absolute atomic E-state index is 3.90.